The van der Waals surface area contributed by atoms with Crippen LogP contribution in [0.15, 0.2) is 18.2 Å². The summed E-state index contributed by atoms with van der Waals surface area (Å²) < 4.78 is 16.7. The molecule has 0 aliphatic carbocycles. The number of fused-ring (bicyclic) bond motifs is 2. The van der Waals surface area contributed by atoms with Crippen LogP contribution in [0.2, 0.25) is 0 Å². The SMILES string of the molecule is CN(C)CCCN(C(=O)c1nnc2n1CCC2)c1nc2c(F)cccc2s1. The summed E-state index contributed by atoms with van der Waals surface area (Å²) in [6.07, 6.45) is 2.59. The van der Waals surface area contributed by atoms with Crippen molar-refractivity contribution < 1.29 is 9.18 Å². The minimum absolute atomic E-state index is 0.228. The molecule has 4 rings (SSSR count). The van der Waals surface area contributed by atoms with E-state index in [0.717, 1.165) is 42.9 Å². The van der Waals surface area contributed by atoms with Gasteiger partial charge in [-0.1, -0.05) is 17.4 Å². The van der Waals surface area contributed by atoms with Gasteiger partial charge in [-0.2, -0.15) is 0 Å². The third kappa shape index (κ3) is 3.44. The first-order chi connectivity index (χ1) is 13.0. The first-order valence-corrected chi connectivity index (χ1v) is 9.80. The van der Waals surface area contributed by atoms with Crippen molar-refractivity contribution in [3.8, 4) is 0 Å². The Labute approximate surface area is 160 Å². The topological polar surface area (TPSA) is 67.2 Å². The number of halogens is 1. The molecule has 9 heteroatoms. The van der Waals surface area contributed by atoms with E-state index in [0.29, 0.717) is 23.0 Å². The van der Waals surface area contributed by atoms with E-state index < -0.39 is 0 Å². The predicted octanol–water partition coefficient (Wildman–Crippen LogP) is 2.57. The van der Waals surface area contributed by atoms with Crippen LogP contribution in [-0.2, 0) is 13.0 Å². The fourth-order valence-electron chi connectivity index (χ4n) is 3.28. The van der Waals surface area contributed by atoms with Crippen LogP contribution in [0.3, 0.4) is 0 Å². The lowest BCUT2D eigenvalue weighted by Gasteiger charge is -2.20. The second-order valence-corrected chi connectivity index (χ2v) is 7.90. The minimum atomic E-state index is -0.376. The van der Waals surface area contributed by atoms with Gasteiger partial charge in [-0.3, -0.25) is 9.69 Å². The molecule has 0 atom stereocenters. The standard InChI is InChI=1S/C18H21FN6OS/c1-23(2)9-5-11-25(17(26)16-22-21-14-8-4-10-24(14)16)18-20-15-12(19)6-3-7-13(15)27-18/h3,6-7H,4-5,8-11H2,1-2H3. The van der Waals surface area contributed by atoms with Gasteiger partial charge in [-0.05, 0) is 45.6 Å². The maximum absolute atomic E-state index is 14.1. The molecule has 0 bridgehead atoms. The van der Waals surface area contributed by atoms with Gasteiger partial charge in [-0.15, -0.1) is 10.2 Å². The number of hydrogen-bond acceptors (Lipinski definition) is 6. The predicted molar refractivity (Wildman–Crippen MR) is 103 cm³/mol. The number of hydrogen-bond donors (Lipinski definition) is 0. The number of amides is 1. The Bertz CT molecular complexity index is 982. The molecule has 0 N–H and O–H groups in total. The zero-order valence-electron chi connectivity index (χ0n) is 15.4. The molecule has 0 saturated carbocycles. The number of carbonyl (C=O) groups excluding carboxylic acids is 1. The van der Waals surface area contributed by atoms with Gasteiger partial charge < -0.3 is 9.47 Å². The minimum Gasteiger partial charge on any atom is -0.309 e. The van der Waals surface area contributed by atoms with Gasteiger partial charge in [0.2, 0.25) is 5.82 Å². The van der Waals surface area contributed by atoms with Gasteiger partial charge in [0, 0.05) is 19.5 Å². The molecule has 1 aliphatic rings. The Balaban J connectivity index is 1.69. The van der Waals surface area contributed by atoms with Crippen molar-refractivity contribution in [1.29, 1.82) is 0 Å². The lowest BCUT2D eigenvalue weighted by atomic mass is 10.3. The third-order valence-corrected chi connectivity index (χ3v) is 5.67. The molecule has 0 unspecified atom stereocenters. The van der Waals surface area contributed by atoms with E-state index in [4.69, 9.17) is 0 Å². The van der Waals surface area contributed by atoms with E-state index in [1.165, 1.54) is 17.4 Å². The van der Waals surface area contributed by atoms with Crippen molar-refractivity contribution in [2.45, 2.75) is 25.8 Å². The Kier molecular flexibility index (Phi) is 4.88. The van der Waals surface area contributed by atoms with Crippen LogP contribution in [0.25, 0.3) is 10.2 Å². The Hall–Kier alpha value is -2.39. The fourth-order valence-corrected chi connectivity index (χ4v) is 4.28. The van der Waals surface area contributed by atoms with E-state index in [-0.39, 0.29) is 11.7 Å². The number of rotatable bonds is 6. The van der Waals surface area contributed by atoms with Crippen LogP contribution in [-0.4, -0.2) is 57.7 Å². The molecule has 7 nitrogen and oxygen atoms in total. The fraction of sp³-hybridized carbons (Fsp3) is 0.444. The van der Waals surface area contributed by atoms with Gasteiger partial charge in [-0.25, -0.2) is 9.37 Å². The molecule has 0 saturated heterocycles. The van der Waals surface area contributed by atoms with Gasteiger partial charge >= 0.3 is 0 Å². The smallest absolute Gasteiger partial charge is 0.298 e. The maximum atomic E-state index is 14.1. The number of carbonyl (C=O) groups is 1. The van der Waals surface area contributed by atoms with Gasteiger partial charge in [0.05, 0.1) is 4.70 Å². The van der Waals surface area contributed by atoms with E-state index in [1.54, 1.807) is 11.0 Å². The molecule has 3 heterocycles. The van der Waals surface area contributed by atoms with Crippen LogP contribution >= 0.6 is 11.3 Å². The van der Waals surface area contributed by atoms with Crippen molar-refractivity contribution in [1.82, 2.24) is 24.6 Å². The molecule has 1 amide bonds. The Morgan fingerprint density at radius 1 is 1.30 bits per heavy atom. The number of aryl methyl sites for hydroxylation is 1. The van der Waals surface area contributed by atoms with Crippen LogP contribution in [0, 0.1) is 5.82 Å². The number of anilines is 1. The van der Waals surface area contributed by atoms with E-state index >= 15 is 0 Å². The van der Waals surface area contributed by atoms with Crippen LogP contribution in [0.1, 0.15) is 29.3 Å². The van der Waals surface area contributed by atoms with Crippen LogP contribution < -0.4 is 4.90 Å². The average Bonchev–Trinajstić information content (AvgIpc) is 3.33. The molecule has 1 aliphatic heterocycles. The summed E-state index contributed by atoms with van der Waals surface area (Å²) >= 11 is 1.32. The van der Waals surface area contributed by atoms with Crippen molar-refractivity contribution in [2.75, 3.05) is 32.1 Å². The summed E-state index contributed by atoms with van der Waals surface area (Å²) in [5.74, 6) is 0.585. The highest BCUT2D eigenvalue weighted by atomic mass is 32.1. The summed E-state index contributed by atoms with van der Waals surface area (Å²) in [7, 11) is 3.98. The van der Waals surface area contributed by atoms with Crippen molar-refractivity contribution in [3.63, 3.8) is 0 Å². The van der Waals surface area contributed by atoms with E-state index in [9.17, 15) is 9.18 Å². The summed E-state index contributed by atoms with van der Waals surface area (Å²) in [5, 5.41) is 8.75. The molecular weight excluding hydrogens is 367 g/mol. The molecule has 0 spiro atoms. The molecule has 0 radical (unpaired) electrons. The highest BCUT2D eigenvalue weighted by Crippen LogP contribution is 2.31. The molecule has 3 aromatic rings. The summed E-state index contributed by atoms with van der Waals surface area (Å²) in [6, 6.07) is 4.86. The molecule has 0 fully saturated rings. The van der Waals surface area contributed by atoms with Gasteiger partial charge in [0.1, 0.15) is 17.2 Å². The first-order valence-electron chi connectivity index (χ1n) is 8.98. The zero-order chi connectivity index (χ0) is 19.0. The molecule has 142 valence electrons. The first kappa shape index (κ1) is 18.0. The Morgan fingerprint density at radius 2 is 2.15 bits per heavy atom. The number of benzene rings is 1. The Morgan fingerprint density at radius 3 is 2.93 bits per heavy atom. The second kappa shape index (κ2) is 7.32. The van der Waals surface area contributed by atoms with Crippen molar-refractivity contribution in [3.05, 3.63) is 35.7 Å². The maximum Gasteiger partial charge on any atom is 0.298 e. The van der Waals surface area contributed by atoms with E-state index in [2.05, 4.69) is 20.1 Å². The summed E-state index contributed by atoms with van der Waals surface area (Å²) in [6.45, 7) is 2.07. The normalized spacial score (nSPS) is 13.5. The zero-order valence-corrected chi connectivity index (χ0v) is 16.2. The molecule has 2 aromatic heterocycles. The van der Waals surface area contributed by atoms with Crippen LogP contribution in [0.5, 0.6) is 0 Å². The largest absolute Gasteiger partial charge is 0.309 e. The molecular formula is C18H21FN6OS. The quantitative estimate of drug-likeness (QED) is 0.649. The lowest BCUT2D eigenvalue weighted by Crippen LogP contribution is -2.35. The lowest BCUT2D eigenvalue weighted by molar-refractivity contribution is 0.0971. The monoisotopic (exact) mass is 388 g/mol. The summed E-state index contributed by atoms with van der Waals surface area (Å²) in [4.78, 5) is 21.4. The van der Waals surface area contributed by atoms with Gasteiger partial charge in [0.15, 0.2) is 5.13 Å². The molecule has 1 aromatic carbocycles. The number of nitrogens with zero attached hydrogens (tertiary/aromatic N) is 6. The van der Waals surface area contributed by atoms with Crippen molar-refractivity contribution in [2.24, 2.45) is 0 Å². The number of thiazole rings is 1. The summed E-state index contributed by atoms with van der Waals surface area (Å²) in [5.41, 5.74) is 0.300. The van der Waals surface area contributed by atoms with Crippen LogP contribution in [0.4, 0.5) is 9.52 Å². The highest BCUT2D eigenvalue weighted by molar-refractivity contribution is 7.22. The van der Waals surface area contributed by atoms with E-state index in [1.807, 2.05) is 24.7 Å². The van der Waals surface area contributed by atoms with Crippen molar-refractivity contribution >= 4 is 32.6 Å². The number of aromatic nitrogens is 4. The molecule has 27 heavy (non-hydrogen) atoms. The van der Waals surface area contributed by atoms with Gasteiger partial charge in [0.25, 0.3) is 5.91 Å². The highest BCUT2D eigenvalue weighted by Gasteiger charge is 2.29. The third-order valence-electron chi connectivity index (χ3n) is 4.62. The second-order valence-electron chi connectivity index (χ2n) is 6.89. The number of para-hydroxylation sites is 1. The average molecular weight is 388 g/mol.